The zero-order chi connectivity index (χ0) is 15.2. The molecule has 0 amide bonds. The van der Waals surface area contributed by atoms with Crippen LogP contribution in [0.4, 0.5) is 0 Å². The van der Waals surface area contributed by atoms with Gasteiger partial charge in [0.2, 0.25) is 0 Å². The third-order valence-corrected chi connectivity index (χ3v) is 3.72. The number of nitrogens with zero attached hydrogens (tertiary/aromatic N) is 2. The van der Waals surface area contributed by atoms with Crippen molar-refractivity contribution in [1.82, 2.24) is 14.5 Å². The highest BCUT2D eigenvalue weighted by molar-refractivity contribution is 5.25. The van der Waals surface area contributed by atoms with Crippen LogP contribution in [0, 0.1) is 6.92 Å². The Morgan fingerprint density at radius 1 is 1.19 bits per heavy atom. The predicted molar refractivity (Wildman–Crippen MR) is 86.6 cm³/mol. The molecule has 1 unspecified atom stereocenters. The van der Waals surface area contributed by atoms with Gasteiger partial charge in [0.25, 0.3) is 0 Å². The second kappa shape index (κ2) is 7.27. The van der Waals surface area contributed by atoms with Crippen molar-refractivity contribution in [3.05, 3.63) is 58.3 Å². The van der Waals surface area contributed by atoms with Crippen molar-refractivity contribution in [2.24, 2.45) is 0 Å². The number of nitrogens with one attached hydrogen (secondary N) is 1. The van der Waals surface area contributed by atoms with Crippen LogP contribution in [-0.4, -0.2) is 15.7 Å². The first-order valence-electron chi connectivity index (χ1n) is 7.71. The Morgan fingerprint density at radius 2 is 1.95 bits per heavy atom. The minimum absolute atomic E-state index is 0.0634. The summed E-state index contributed by atoms with van der Waals surface area (Å²) in [6.07, 6.45) is 4.81. The van der Waals surface area contributed by atoms with Crippen molar-refractivity contribution in [3.63, 3.8) is 0 Å². The van der Waals surface area contributed by atoms with Crippen LogP contribution in [0.3, 0.4) is 0 Å². The predicted octanol–water partition coefficient (Wildman–Crippen LogP) is 2.72. The van der Waals surface area contributed by atoms with Gasteiger partial charge in [-0.25, -0.2) is 4.79 Å². The molecule has 1 atom stereocenters. The summed E-state index contributed by atoms with van der Waals surface area (Å²) in [5.74, 6) is 0. The quantitative estimate of drug-likeness (QED) is 0.850. The van der Waals surface area contributed by atoms with Crippen LogP contribution < -0.4 is 11.0 Å². The van der Waals surface area contributed by atoms with Crippen molar-refractivity contribution in [2.45, 2.75) is 46.3 Å². The van der Waals surface area contributed by atoms with Crippen LogP contribution in [-0.2, 0) is 13.1 Å². The molecule has 0 aliphatic rings. The number of benzene rings is 1. The molecule has 0 spiro atoms. The molecular formula is C17H25N3O. The maximum absolute atomic E-state index is 12.2. The van der Waals surface area contributed by atoms with E-state index in [1.54, 1.807) is 9.13 Å². The largest absolute Gasteiger partial charge is 0.328 e. The lowest BCUT2D eigenvalue weighted by Crippen LogP contribution is -2.31. The van der Waals surface area contributed by atoms with Gasteiger partial charge in [0.15, 0.2) is 0 Å². The van der Waals surface area contributed by atoms with Crippen molar-refractivity contribution in [1.29, 1.82) is 0 Å². The Bertz CT molecular complexity index is 627. The van der Waals surface area contributed by atoms with Gasteiger partial charge < -0.3 is 5.32 Å². The van der Waals surface area contributed by atoms with E-state index < -0.39 is 0 Å². The van der Waals surface area contributed by atoms with E-state index in [0.29, 0.717) is 13.1 Å². The molecule has 114 valence electrons. The van der Waals surface area contributed by atoms with Gasteiger partial charge in [-0.3, -0.25) is 9.13 Å². The Labute approximate surface area is 126 Å². The molecule has 0 saturated carbocycles. The van der Waals surface area contributed by atoms with Gasteiger partial charge in [-0.2, -0.15) is 0 Å². The molecule has 0 saturated heterocycles. The van der Waals surface area contributed by atoms with Crippen LogP contribution >= 0.6 is 0 Å². The molecule has 1 aromatic carbocycles. The van der Waals surface area contributed by atoms with Crippen LogP contribution in [0.15, 0.2) is 41.5 Å². The van der Waals surface area contributed by atoms with Gasteiger partial charge >= 0.3 is 5.69 Å². The molecule has 1 N–H and O–H groups in total. The Hall–Kier alpha value is -1.81. The summed E-state index contributed by atoms with van der Waals surface area (Å²) in [6.45, 7) is 8.56. The lowest BCUT2D eigenvalue weighted by atomic mass is 10.0. The third kappa shape index (κ3) is 3.85. The molecule has 0 radical (unpaired) electrons. The van der Waals surface area contributed by atoms with E-state index >= 15 is 0 Å². The molecule has 21 heavy (non-hydrogen) atoms. The molecule has 2 aromatic rings. The van der Waals surface area contributed by atoms with E-state index in [1.807, 2.05) is 19.3 Å². The van der Waals surface area contributed by atoms with Crippen molar-refractivity contribution < 1.29 is 0 Å². The first kappa shape index (κ1) is 15.6. The van der Waals surface area contributed by atoms with Gasteiger partial charge in [-0.05, 0) is 32.4 Å². The number of hydrogen-bond acceptors (Lipinski definition) is 2. The number of imidazole rings is 1. The highest BCUT2D eigenvalue weighted by Crippen LogP contribution is 2.16. The monoisotopic (exact) mass is 287 g/mol. The highest BCUT2D eigenvalue weighted by Gasteiger charge is 2.13. The van der Waals surface area contributed by atoms with E-state index in [9.17, 15) is 4.79 Å². The summed E-state index contributed by atoms with van der Waals surface area (Å²) in [7, 11) is 0. The molecule has 0 bridgehead atoms. The zero-order valence-corrected chi connectivity index (χ0v) is 13.2. The molecule has 0 aliphatic heterocycles. The first-order valence-corrected chi connectivity index (χ1v) is 7.71. The number of aryl methyl sites for hydroxylation is 2. The second-order valence-corrected chi connectivity index (χ2v) is 5.44. The normalized spacial score (nSPS) is 12.5. The van der Waals surface area contributed by atoms with E-state index in [2.05, 4.69) is 43.4 Å². The summed E-state index contributed by atoms with van der Waals surface area (Å²) in [6, 6.07) is 8.65. The topological polar surface area (TPSA) is 39.0 Å². The Balaban J connectivity index is 2.23. The minimum atomic E-state index is 0.0634. The molecule has 2 rings (SSSR count). The number of rotatable bonds is 7. The van der Waals surface area contributed by atoms with Gasteiger partial charge in [0, 0.05) is 25.5 Å². The summed E-state index contributed by atoms with van der Waals surface area (Å²) in [5.41, 5.74) is 2.54. The Morgan fingerprint density at radius 3 is 2.57 bits per heavy atom. The van der Waals surface area contributed by atoms with Crippen LogP contribution in [0.5, 0.6) is 0 Å². The molecule has 1 aromatic heterocycles. The number of aromatic nitrogens is 2. The lowest BCUT2D eigenvalue weighted by Gasteiger charge is -2.19. The summed E-state index contributed by atoms with van der Waals surface area (Å²) >= 11 is 0. The highest BCUT2D eigenvalue weighted by atomic mass is 16.1. The fourth-order valence-electron chi connectivity index (χ4n) is 2.52. The van der Waals surface area contributed by atoms with Crippen molar-refractivity contribution in [2.75, 3.05) is 6.54 Å². The van der Waals surface area contributed by atoms with Gasteiger partial charge in [-0.15, -0.1) is 0 Å². The van der Waals surface area contributed by atoms with E-state index in [4.69, 9.17) is 0 Å². The standard InChI is InChI=1S/C17H25N3O/c1-4-9-18-16(15-8-6-7-14(3)12-15)13-20-11-10-19(5-2)17(20)21/h6-8,10-12,16,18H,4-5,9,13H2,1-3H3. The Kier molecular flexibility index (Phi) is 5.39. The number of hydrogen-bond donors (Lipinski definition) is 1. The van der Waals surface area contributed by atoms with Crippen molar-refractivity contribution >= 4 is 0 Å². The van der Waals surface area contributed by atoms with Gasteiger partial charge in [0.1, 0.15) is 0 Å². The lowest BCUT2D eigenvalue weighted by molar-refractivity contribution is 0.452. The van der Waals surface area contributed by atoms with Crippen LogP contribution in [0.2, 0.25) is 0 Å². The fourth-order valence-corrected chi connectivity index (χ4v) is 2.52. The molecular weight excluding hydrogens is 262 g/mol. The molecule has 0 aliphatic carbocycles. The second-order valence-electron chi connectivity index (χ2n) is 5.44. The average molecular weight is 287 g/mol. The van der Waals surface area contributed by atoms with Crippen LogP contribution in [0.25, 0.3) is 0 Å². The SMILES string of the molecule is CCCNC(Cn1ccn(CC)c1=O)c1cccc(C)c1. The van der Waals surface area contributed by atoms with E-state index in [1.165, 1.54) is 11.1 Å². The van der Waals surface area contributed by atoms with Crippen molar-refractivity contribution in [3.8, 4) is 0 Å². The average Bonchev–Trinajstić information content (AvgIpc) is 2.83. The van der Waals surface area contributed by atoms with Gasteiger partial charge in [0.05, 0.1) is 6.04 Å². The molecule has 1 heterocycles. The van der Waals surface area contributed by atoms with E-state index in [-0.39, 0.29) is 11.7 Å². The zero-order valence-electron chi connectivity index (χ0n) is 13.2. The van der Waals surface area contributed by atoms with E-state index in [0.717, 1.165) is 13.0 Å². The maximum Gasteiger partial charge on any atom is 0.328 e. The molecule has 4 heteroatoms. The molecule has 4 nitrogen and oxygen atoms in total. The fraction of sp³-hybridized carbons (Fsp3) is 0.471. The third-order valence-electron chi connectivity index (χ3n) is 3.72. The smallest absolute Gasteiger partial charge is 0.308 e. The summed E-state index contributed by atoms with van der Waals surface area (Å²) in [5, 5.41) is 3.55. The van der Waals surface area contributed by atoms with Crippen LogP contribution in [0.1, 0.15) is 37.4 Å². The summed E-state index contributed by atoms with van der Waals surface area (Å²) < 4.78 is 3.52. The summed E-state index contributed by atoms with van der Waals surface area (Å²) in [4.78, 5) is 12.2. The minimum Gasteiger partial charge on any atom is -0.308 e. The first-order chi connectivity index (χ1) is 10.2. The maximum atomic E-state index is 12.2. The molecule has 0 fully saturated rings. The van der Waals surface area contributed by atoms with Gasteiger partial charge in [-0.1, -0.05) is 36.8 Å².